The van der Waals surface area contributed by atoms with Crippen molar-refractivity contribution in [1.82, 2.24) is 14.9 Å². The molecule has 0 bridgehead atoms. The predicted molar refractivity (Wildman–Crippen MR) is 120 cm³/mol. The number of nitro groups is 1. The molecular weight excluding hydrogens is 394 g/mol. The van der Waals surface area contributed by atoms with Crippen LogP contribution in [0.15, 0.2) is 24.3 Å². The summed E-state index contributed by atoms with van der Waals surface area (Å²) in [5.74, 6) is 2.21. The van der Waals surface area contributed by atoms with Crippen LogP contribution in [0.25, 0.3) is 0 Å². The van der Waals surface area contributed by atoms with Gasteiger partial charge >= 0.3 is 0 Å². The Morgan fingerprint density at radius 1 is 1.13 bits per heavy atom. The molecule has 1 aliphatic rings. The van der Waals surface area contributed by atoms with Crippen molar-refractivity contribution in [3.63, 3.8) is 0 Å². The Morgan fingerprint density at radius 3 is 2.32 bits per heavy atom. The highest BCUT2D eigenvalue weighted by molar-refractivity contribution is 5.76. The Bertz CT molecular complexity index is 937. The fraction of sp³-hybridized carbons (Fsp3) is 0.522. The van der Waals surface area contributed by atoms with Crippen molar-refractivity contribution in [3.8, 4) is 0 Å². The summed E-state index contributed by atoms with van der Waals surface area (Å²) in [5.41, 5.74) is 3.04. The van der Waals surface area contributed by atoms with Crippen LogP contribution in [-0.2, 0) is 11.2 Å². The lowest BCUT2D eigenvalue weighted by molar-refractivity contribution is -0.384. The zero-order valence-electron chi connectivity index (χ0n) is 18.8. The van der Waals surface area contributed by atoms with Gasteiger partial charge < -0.3 is 9.80 Å². The average molecular weight is 426 g/mol. The molecule has 2 aromatic rings. The monoisotopic (exact) mass is 425 g/mol. The molecule has 1 amide bonds. The molecular formula is C23H31N5O3. The van der Waals surface area contributed by atoms with E-state index in [9.17, 15) is 14.9 Å². The number of piperazine rings is 1. The molecule has 1 aliphatic heterocycles. The summed E-state index contributed by atoms with van der Waals surface area (Å²) in [7, 11) is 0. The average Bonchev–Trinajstić information content (AvgIpc) is 2.79. The maximum absolute atomic E-state index is 12.1. The smallest absolute Gasteiger partial charge is 0.269 e. The fourth-order valence-corrected chi connectivity index (χ4v) is 3.80. The summed E-state index contributed by atoms with van der Waals surface area (Å²) >= 11 is 0. The van der Waals surface area contributed by atoms with Crippen molar-refractivity contribution in [1.29, 1.82) is 0 Å². The number of carbonyl (C=O) groups excluding carboxylic acids is 1. The first-order valence-corrected chi connectivity index (χ1v) is 11.0. The molecule has 0 N–H and O–H groups in total. The van der Waals surface area contributed by atoms with Gasteiger partial charge in [0.2, 0.25) is 5.91 Å². The number of aromatic nitrogens is 2. The zero-order valence-corrected chi connectivity index (χ0v) is 18.8. The minimum absolute atomic E-state index is 0.0841. The van der Waals surface area contributed by atoms with E-state index in [1.54, 1.807) is 12.1 Å². The molecule has 0 aliphatic carbocycles. The van der Waals surface area contributed by atoms with E-state index in [0.717, 1.165) is 48.0 Å². The summed E-state index contributed by atoms with van der Waals surface area (Å²) in [4.78, 5) is 36.6. The Morgan fingerprint density at radius 2 is 1.77 bits per heavy atom. The van der Waals surface area contributed by atoms with Gasteiger partial charge in [-0.25, -0.2) is 9.97 Å². The minimum Gasteiger partial charge on any atom is -0.353 e. The number of rotatable bonds is 7. The third kappa shape index (κ3) is 5.18. The van der Waals surface area contributed by atoms with Crippen molar-refractivity contribution in [2.24, 2.45) is 0 Å². The topological polar surface area (TPSA) is 92.5 Å². The Kier molecular flexibility index (Phi) is 7.20. The van der Waals surface area contributed by atoms with E-state index in [1.807, 2.05) is 18.7 Å². The summed E-state index contributed by atoms with van der Waals surface area (Å²) in [6.07, 6.45) is 2.09. The molecule has 3 rings (SSSR count). The molecule has 0 unspecified atom stereocenters. The Balaban J connectivity index is 1.92. The normalized spacial score (nSPS) is 15.1. The largest absolute Gasteiger partial charge is 0.353 e. The van der Waals surface area contributed by atoms with Gasteiger partial charge in [0, 0.05) is 68.3 Å². The summed E-state index contributed by atoms with van der Waals surface area (Å²) in [6.45, 7) is 11.0. The molecule has 1 saturated heterocycles. The van der Waals surface area contributed by atoms with Gasteiger partial charge in [0.1, 0.15) is 11.6 Å². The predicted octanol–water partition coefficient (Wildman–Crippen LogP) is 3.86. The van der Waals surface area contributed by atoms with Crippen LogP contribution < -0.4 is 4.90 Å². The highest BCUT2D eigenvalue weighted by Gasteiger charge is 2.25. The SMILES string of the molecule is CCC(=O)N1CCN(c2nc([C@@H](C)CC)nc(C)c2Cc2ccc([N+](=O)[O-])cc2)CC1. The van der Waals surface area contributed by atoms with Crippen LogP contribution in [0.5, 0.6) is 0 Å². The molecule has 0 spiro atoms. The molecule has 166 valence electrons. The van der Waals surface area contributed by atoms with Gasteiger partial charge in [-0.3, -0.25) is 14.9 Å². The maximum atomic E-state index is 12.1. The van der Waals surface area contributed by atoms with Gasteiger partial charge in [0.15, 0.2) is 0 Å². The minimum atomic E-state index is -0.387. The van der Waals surface area contributed by atoms with E-state index in [0.29, 0.717) is 25.9 Å². The van der Waals surface area contributed by atoms with Gasteiger partial charge in [0.25, 0.3) is 5.69 Å². The van der Waals surface area contributed by atoms with Gasteiger partial charge in [-0.05, 0) is 18.9 Å². The first-order valence-electron chi connectivity index (χ1n) is 11.0. The molecule has 1 atom stereocenters. The number of anilines is 1. The highest BCUT2D eigenvalue weighted by atomic mass is 16.6. The molecule has 1 aromatic carbocycles. The first-order chi connectivity index (χ1) is 14.8. The second kappa shape index (κ2) is 9.85. The lowest BCUT2D eigenvalue weighted by Crippen LogP contribution is -2.49. The molecule has 0 saturated carbocycles. The molecule has 8 nitrogen and oxygen atoms in total. The van der Waals surface area contributed by atoms with Crippen LogP contribution >= 0.6 is 0 Å². The number of hydrogen-bond acceptors (Lipinski definition) is 6. The standard InChI is InChI=1S/C23H31N5O3/c1-5-16(3)22-24-17(4)20(15-18-7-9-19(10-8-18)28(30)31)23(25-22)27-13-11-26(12-14-27)21(29)6-2/h7-10,16H,5-6,11-15H2,1-4H3/t16-/m0/s1. The van der Waals surface area contributed by atoms with Crippen LogP contribution in [0.2, 0.25) is 0 Å². The molecule has 2 heterocycles. The second-order valence-electron chi connectivity index (χ2n) is 8.10. The number of nitro benzene ring substituents is 1. The molecule has 8 heteroatoms. The van der Waals surface area contributed by atoms with Crippen LogP contribution in [0, 0.1) is 17.0 Å². The lowest BCUT2D eigenvalue weighted by Gasteiger charge is -2.36. The number of carbonyl (C=O) groups is 1. The summed E-state index contributed by atoms with van der Waals surface area (Å²) in [5, 5.41) is 11.0. The van der Waals surface area contributed by atoms with E-state index in [4.69, 9.17) is 9.97 Å². The van der Waals surface area contributed by atoms with E-state index in [2.05, 4.69) is 18.7 Å². The molecule has 31 heavy (non-hydrogen) atoms. The number of amides is 1. The van der Waals surface area contributed by atoms with Crippen molar-refractivity contribution >= 4 is 17.4 Å². The van der Waals surface area contributed by atoms with E-state index < -0.39 is 0 Å². The number of non-ortho nitro benzene ring substituents is 1. The number of nitrogens with zero attached hydrogens (tertiary/aromatic N) is 5. The Labute approximate surface area is 183 Å². The summed E-state index contributed by atoms with van der Waals surface area (Å²) in [6, 6.07) is 6.66. The van der Waals surface area contributed by atoms with Gasteiger partial charge in [0.05, 0.1) is 4.92 Å². The van der Waals surface area contributed by atoms with Crippen LogP contribution in [0.3, 0.4) is 0 Å². The van der Waals surface area contributed by atoms with Gasteiger partial charge in [-0.2, -0.15) is 0 Å². The first kappa shape index (κ1) is 22.7. The second-order valence-corrected chi connectivity index (χ2v) is 8.10. The van der Waals surface area contributed by atoms with E-state index in [1.165, 1.54) is 12.1 Å². The van der Waals surface area contributed by atoms with Crippen LogP contribution in [0.1, 0.15) is 62.2 Å². The van der Waals surface area contributed by atoms with Gasteiger partial charge in [-0.15, -0.1) is 0 Å². The maximum Gasteiger partial charge on any atom is 0.269 e. The van der Waals surface area contributed by atoms with E-state index >= 15 is 0 Å². The Hall–Kier alpha value is -3.03. The fourth-order valence-electron chi connectivity index (χ4n) is 3.80. The van der Waals surface area contributed by atoms with Crippen molar-refractivity contribution in [3.05, 3.63) is 57.0 Å². The highest BCUT2D eigenvalue weighted by Crippen LogP contribution is 2.28. The summed E-state index contributed by atoms with van der Waals surface area (Å²) < 4.78 is 0. The van der Waals surface area contributed by atoms with E-state index in [-0.39, 0.29) is 22.4 Å². The van der Waals surface area contributed by atoms with Crippen molar-refractivity contribution in [2.45, 2.75) is 52.9 Å². The third-order valence-corrected chi connectivity index (χ3v) is 6.02. The zero-order chi connectivity index (χ0) is 22.5. The number of aryl methyl sites for hydroxylation is 1. The van der Waals surface area contributed by atoms with Crippen molar-refractivity contribution in [2.75, 3.05) is 31.1 Å². The van der Waals surface area contributed by atoms with Gasteiger partial charge in [-0.1, -0.05) is 32.9 Å². The number of benzene rings is 1. The quantitative estimate of drug-likeness (QED) is 0.494. The third-order valence-electron chi connectivity index (χ3n) is 6.02. The van der Waals surface area contributed by atoms with Crippen molar-refractivity contribution < 1.29 is 9.72 Å². The van der Waals surface area contributed by atoms with Crippen LogP contribution in [0.4, 0.5) is 11.5 Å². The molecule has 0 radical (unpaired) electrons. The lowest BCUT2D eigenvalue weighted by atomic mass is 10.0. The molecule has 1 aromatic heterocycles. The number of hydrogen-bond donors (Lipinski definition) is 0. The van der Waals surface area contributed by atoms with Crippen LogP contribution in [-0.4, -0.2) is 51.9 Å². The molecule has 1 fully saturated rings.